The Hall–Kier alpha value is -1.71. The average Bonchev–Trinajstić information content (AvgIpc) is 2.42. The molecule has 2 atom stereocenters. The number of hydrogen-bond acceptors (Lipinski definition) is 1. The van der Waals surface area contributed by atoms with Crippen LogP contribution in [-0.2, 0) is 6.18 Å². The summed E-state index contributed by atoms with van der Waals surface area (Å²) in [6.45, 7) is 2.93. The second-order valence-electron chi connectivity index (χ2n) is 5.49. The first kappa shape index (κ1) is 18.3. The highest BCUT2D eigenvalue weighted by Crippen LogP contribution is 2.42. The highest BCUT2D eigenvalue weighted by Gasteiger charge is 2.38. The highest BCUT2D eigenvalue weighted by molar-refractivity contribution is 5.29. The van der Waals surface area contributed by atoms with Crippen molar-refractivity contribution in [3.05, 3.63) is 35.4 Å². The van der Waals surface area contributed by atoms with E-state index in [1.807, 2.05) is 6.07 Å². The molecular weight excluding hydrogens is 308 g/mol. The summed E-state index contributed by atoms with van der Waals surface area (Å²) < 4.78 is 74.5. The quantitative estimate of drug-likeness (QED) is 0.654. The molecule has 0 saturated carbocycles. The van der Waals surface area contributed by atoms with Crippen LogP contribution in [0.1, 0.15) is 43.7 Å². The molecule has 0 N–H and O–H groups in total. The normalized spacial score (nSPS) is 16.7. The van der Waals surface area contributed by atoms with Gasteiger partial charge in [-0.05, 0) is 37.0 Å². The summed E-state index contributed by atoms with van der Waals surface area (Å²) in [5, 5.41) is 9.20. The van der Waals surface area contributed by atoms with Crippen molar-refractivity contribution in [3.63, 3.8) is 0 Å². The van der Waals surface area contributed by atoms with Crippen LogP contribution in [0, 0.1) is 16.7 Å². The van der Waals surface area contributed by atoms with E-state index >= 15 is 0 Å². The summed E-state index contributed by atoms with van der Waals surface area (Å²) in [5.74, 6) is -0.623. The number of nitriles is 1. The molecule has 7 heteroatoms. The molecule has 0 saturated heterocycles. The van der Waals surface area contributed by atoms with Gasteiger partial charge >= 0.3 is 12.4 Å². The Balaban J connectivity index is 2.97. The molecule has 0 bridgehead atoms. The zero-order chi connectivity index (χ0) is 17.2. The Bertz CT molecular complexity index is 537. The third-order valence-corrected chi connectivity index (χ3v) is 3.88. The van der Waals surface area contributed by atoms with Gasteiger partial charge in [0.15, 0.2) is 0 Å². The second kappa shape index (κ2) is 6.19. The summed E-state index contributed by atoms with van der Waals surface area (Å²) in [4.78, 5) is 0. The number of rotatable bonds is 4. The maximum atomic E-state index is 12.5. The van der Waals surface area contributed by atoms with Crippen LogP contribution in [0.3, 0.4) is 0 Å². The van der Waals surface area contributed by atoms with Crippen LogP contribution < -0.4 is 0 Å². The molecule has 0 aliphatic heterocycles. The molecular formula is C15H15F6N. The van der Waals surface area contributed by atoms with Gasteiger partial charge in [0.05, 0.1) is 17.0 Å². The van der Waals surface area contributed by atoms with Gasteiger partial charge in [0.1, 0.15) is 0 Å². The van der Waals surface area contributed by atoms with Gasteiger partial charge in [-0.2, -0.15) is 31.6 Å². The van der Waals surface area contributed by atoms with Crippen molar-refractivity contribution in [2.45, 2.75) is 45.0 Å². The van der Waals surface area contributed by atoms with Crippen LogP contribution in [0.2, 0.25) is 0 Å². The van der Waals surface area contributed by atoms with Crippen LogP contribution in [0.15, 0.2) is 24.3 Å². The van der Waals surface area contributed by atoms with Crippen molar-refractivity contribution < 1.29 is 26.3 Å². The molecule has 1 nitrogen and oxygen atoms in total. The molecule has 1 aromatic carbocycles. The van der Waals surface area contributed by atoms with Crippen molar-refractivity contribution in [1.29, 1.82) is 5.26 Å². The van der Waals surface area contributed by atoms with E-state index in [2.05, 4.69) is 0 Å². The number of nitrogens with zero attached hydrogens (tertiary/aromatic N) is 1. The van der Waals surface area contributed by atoms with E-state index in [1.165, 1.54) is 19.1 Å². The monoisotopic (exact) mass is 323 g/mol. The minimum absolute atomic E-state index is 0.402. The van der Waals surface area contributed by atoms with Crippen LogP contribution in [-0.4, -0.2) is 6.18 Å². The summed E-state index contributed by atoms with van der Waals surface area (Å²) in [6, 6.07) is 6.02. The fraction of sp³-hybridized carbons (Fsp3) is 0.533. The first-order valence-corrected chi connectivity index (χ1v) is 6.54. The second-order valence-corrected chi connectivity index (χ2v) is 5.49. The Morgan fingerprint density at radius 3 is 1.86 bits per heavy atom. The lowest BCUT2D eigenvalue weighted by atomic mass is 9.72. The van der Waals surface area contributed by atoms with E-state index in [9.17, 15) is 31.6 Å². The van der Waals surface area contributed by atoms with Crippen molar-refractivity contribution in [3.8, 4) is 6.07 Å². The van der Waals surface area contributed by atoms with E-state index in [0.29, 0.717) is 5.56 Å². The SMILES string of the molecule is CC(c1ccc(C(F)(F)F)cc1)C(C)(C#N)CCC(F)(F)F. The van der Waals surface area contributed by atoms with Crippen LogP contribution in [0.25, 0.3) is 0 Å². The van der Waals surface area contributed by atoms with Crippen LogP contribution in [0.5, 0.6) is 0 Å². The molecule has 0 radical (unpaired) electrons. The summed E-state index contributed by atoms with van der Waals surface area (Å²) in [6.07, 6.45) is -10.4. The Morgan fingerprint density at radius 2 is 1.50 bits per heavy atom. The molecule has 0 amide bonds. The predicted molar refractivity (Wildman–Crippen MR) is 68.9 cm³/mol. The van der Waals surface area contributed by atoms with Crippen molar-refractivity contribution in [1.82, 2.24) is 0 Å². The van der Waals surface area contributed by atoms with Gasteiger partial charge in [-0.25, -0.2) is 0 Å². The minimum atomic E-state index is -4.48. The Labute approximate surface area is 124 Å². The van der Waals surface area contributed by atoms with Gasteiger partial charge in [-0.15, -0.1) is 0 Å². The Kier molecular flexibility index (Phi) is 5.16. The van der Waals surface area contributed by atoms with E-state index in [0.717, 1.165) is 12.1 Å². The first-order chi connectivity index (χ1) is 9.89. The van der Waals surface area contributed by atoms with E-state index in [-0.39, 0.29) is 0 Å². The van der Waals surface area contributed by atoms with Crippen LogP contribution in [0.4, 0.5) is 26.3 Å². The molecule has 22 heavy (non-hydrogen) atoms. The smallest absolute Gasteiger partial charge is 0.198 e. The lowest BCUT2D eigenvalue weighted by Crippen LogP contribution is -2.25. The number of halogens is 6. The van der Waals surface area contributed by atoms with Gasteiger partial charge < -0.3 is 0 Å². The summed E-state index contributed by atoms with van der Waals surface area (Å²) >= 11 is 0. The van der Waals surface area contributed by atoms with Gasteiger partial charge in [0, 0.05) is 6.42 Å². The van der Waals surface area contributed by atoms with Crippen molar-refractivity contribution in [2.75, 3.05) is 0 Å². The fourth-order valence-electron chi connectivity index (χ4n) is 2.10. The largest absolute Gasteiger partial charge is 0.416 e. The summed E-state index contributed by atoms with van der Waals surface area (Å²) in [5.41, 5.74) is -1.74. The molecule has 0 fully saturated rings. The van der Waals surface area contributed by atoms with Crippen molar-refractivity contribution >= 4 is 0 Å². The Morgan fingerprint density at radius 1 is 1.00 bits per heavy atom. The topological polar surface area (TPSA) is 23.8 Å². The van der Waals surface area contributed by atoms with E-state index in [1.54, 1.807) is 6.92 Å². The molecule has 0 aliphatic carbocycles. The lowest BCUT2D eigenvalue weighted by Gasteiger charge is -2.30. The standard InChI is InChI=1S/C15H15F6N/c1-10(13(2,9-22)7-8-14(16,17)18)11-3-5-12(6-4-11)15(19,20)21/h3-6,10H,7-8H2,1-2H3. The predicted octanol–water partition coefficient (Wildman–Crippen LogP) is 5.68. The maximum absolute atomic E-state index is 12.5. The average molecular weight is 323 g/mol. The zero-order valence-electron chi connectivity index (χ0n) is 12.0. The minimum Gasteiger partial charge on any atom is -0.198 e. The van der Waals surface area contributed by atoms with Crippen molar-refractivity contribution in [2.24, 2.45) is 5.41 Å². The fourth-order valence-corrected chi connectivity index (χ4v) is 2.10. The molecule has 0 spiro atoms. The number of alkyl halides is 6. The third kappa shape index (κ3) is 4.65. The highest BCUT2D eigenvalue weighted by atomic mass is 19.4. The van der Waals surface area contributed by atoms with Crippen LogP contribution >= 0.6 is 0 Å². The van der Waals surface area contributed by atoms with Gasteiger partial charge in [-0.1, -0.05) is 19.1 Å². The van der Waals surface area contributed by atoms with Gasteiger partial charge in [-0.3, -0.25) is 0 Å². The molecule has 0 heterocycles. The van der Waals surface area contributed by atoms with E-state index < -0.39 is 42.1 Å². The third-order valence-electron chi connectivity index (χ3n) is 3.88. The van der Waals surface area contributed by atoms with Gasteiger partial charge in [0.25, 0.3) is 0 Å². The first-order valence-electron chi connectivity index (χ1n) is 6.54. The molecule has 1 aromatic rings. The zero-order valence-corrected chi connectivity index (χ0v) is 12.0. The lowest BCUT2D eigenvalue weighted by molar-refractivity contribution is -0.139. The number of hydrogen-bond donors (Lipinski definition) is 0. The molecule has 1 rings (SSSR count). The van der Waals surface area contributed by atoms with E-state index in [4.69, 9.17) is 0 Å². The molecule has 2 unspecified atom stereocenters. The summed E-state index contributed by atoms with van der Waals surface area (Å²) in [7, 11) is 0. The molecule has 0 aliphatic rings. The molecule has 0 aromatic heterocycles. The van der Waals surface area contributed by atoms with Gasteiger partial charge in [0.2, 0.25) is 0 Å². The molecule has 122 valence electrons. The number of benzene rings is 1. The maximum Gasteiger partial charge on any atom is 0.416 e.